The van der Waals surface area contributed by atoms with E-state index in [1.54, 1.807) is 7.11 Å². The van der Waals surface area contributed by atoms with E-state index in [-0.39, 0.29) is 0 Å². The molecule has 0 aliphatic heterocycles. The van der Waals surface area contributed by atoms with Crippen molar-refractivity contribution in [2.24, 2.45) is 5.73 Å². The summed E-state index contributed by atoms with van der Waals surface area (Å²) < 4.78 is 7.03. The molecule has 1 aromatic heterocycles. The van der Waals surface area contributed by atoms with E-state index in [0.717, 1.165) is 12.2 Å². The Kier molecular flexibility index (Phi) is 3.25. The van der Waals surface area contributed by atoms with Crippen molar-refractivity contribution in [2.45, 2.75) is 26.3 Å². The van der Waals surface area contributed by atoms with Gasteiger partial charge in [0.05, 0.1) is 7.11 Å². The fraction of sp³-hybridized carbons (Fsp3) is 0.750. The molecular weight excluding hydrogens is 168 g/mol. The number of hydrogen-bond acceptors (Lipinski definition) is 4. The summed E-state index contributed by atoms with van der Waals surface area (Å²) in [5.74, 6) is 0.884. The minimum Gasteiger partial charge on any atom is -0.467 e. The van der Waals surface area contributed by atoms with Gasteiger partial charge in [-0.25, -0.2) is 0 Å². The minimum absolute atomic E-state index is 0.298. The molecular formula is C8H16N4O. The van der Waals surface area contributed by atoms with E-state index in [9.17, 15) is 0 Å². The molecule has 0 amide bonds. The van der Waals surface area contributed by atoms with E-state index in [2.05, 4.69) is 24.0 Å². The van der Waals surface area contributed by atoms with Gasteiger partial charge in [-0.05, 0) is 20.4 Å². The minimum atomic E-state index is 0.298. The van der Waals surface area contributed by atoms with Crippen LogP contribution < -0.4 is 10.5 Å². The smallest absolute Gasteiger partial charge is 0.316 e. The summed E-state index contributed by atoms with van der Waals surface area (Å²) in [5, 5.41) is 7.92. The predicted molar refractivity (Wildman–Crippen MR) is 49.7 cm³/mol. The average Bonchev–Trinajstić information content (AvgIpc) is 2.48. The summed E-state index contributed by atoms with van der Waals surface area (Å²) in [6.45, 7) is 4.70. The van der Waals surface area contributed by atoms with E-state index < -0.39 is 0 Å². The maximum absolute atomic E-state index is 5.46. The van der Waals surface area contributed by atoms with Crippen LogP contribution in [0.15, 0.2) is 0 Å². The highest BCUT2D eigenvalue weighted by molar-refractivity contribution is 5.03. The van der Waals surface area contributed by atoms with Gasteiger partial charge in [-0.1, -0.05) is 5.10 Å². The summed E-state index contributed by atoms with van der Waals surface area (Å²) in [6, 6.07) is 0.852. The SMILES string of the molecule is COc1nnc(CCN)n1C(C)C. The van der Waals surface area contributed by atoms with Gasteiger partial charge in [0.25, 0.3) is 0 Å². The lowest BCUT2D eigenvalue weighted by atomic mass is 10.3. The molecule has 0 spiro atoms. The van der Waals surface area contributed by atoms with Crippen LogP contribution in [0.25, 0.3) is 0 Å². The molecule has 0 aliphatic carbocycles. The Morgan fingerprint density at radius 1 is 1.46 bits per heavy atom. The van der Waals surface area contributed by atoms with Crippen LogP contribution in [0.4, 0.5) is 0 Å². The maximum atomic E-state index is 5.46. The van der Waals surface area contributed by atoms with Gasteiger partial charge in [-0.3, -0.25) is 4.57 Å². The lowest BCUT2D eigenvalue weighted by Crippen LogP contribution is -2.12. The molecule has 2 N–H and O–H groups in total. The topological polar surface area (TPSA) is 66.0 Å². The fourth-order valence-corrected chi connectivity index (χ4v) is 1.26. The van der Waals surface area contributed by atoms with Crippen LogP contribution in [-0.4, -0.2) is 28.4 Å². The molecule has 0 fully saturated rings. The van der Waals surface area contributed by atoms with Crippen LogP contribution in [0, 0.1) is 0 Å². The van der Waals surface area contributed by atoms with Gasteiger partial charge in [0.1, 0.15) is 5.82 Å². The first kappa shape index (κ1) is 9.98. The van der Waals surface area contributed by atoms with Gasteiger partial charge in [-0.15, -0.1) is 5.10 Å². The normalized spacial score (nSPS) is 10.8. The molecule has 74 valence electrons. The fourth-order valence-electron chi connectivity index (χ4n) is 1.26. The van der Waals surface area contributed by atoms with E-state index in [1.165, 1.54) is 0 Å². The monoisotopic (exact) mass is 184 g/mol. The van der Waals surface area contributed by atoms with Crippen molar-refractivity contribution in [3.05, 3.63) is 5.82 Å². The van der Waals surface area contributed by atoms with Gasteiger partial charge >= 0.3 is 6.01 Å². The van der Waals surface area contributed by atoms with Crippen LogP contribution in [0.5, 0.6) is 6.01 Å². The van der Waals surface area contributed by atoms with Crippen LogP contribution in [0.2, 0.25) is 0 Å². The van der Waals surface area contributed by atoms with Crippen LogP contribution >= 0.6 is 0 Å². The average molecular weight is 184 g/mol. The Morgan fingerprint density at radius 2 is 2.15 bits per heavy atom. The number of rotatable bonds is 4. The number of hydrogen-bond donors (Lipinski definition) is 1. The summed E-state index contributed by atoms with van der Waals surface area (Å²) in [4.78, 5) is 0. The van der Waals surface area contributed by atoms with Crippen molar-refractivity contribution in [2.75, 3.05) is 13.7 Å². The molecule has 0 bridgehead atoms. The number of aromatic nitrogens is 3. The summed E-state index contributed by atoms with van der Waals surface area (Å²) in [7, 11) is 1.59. The van der Waals surface area contributed by atoms with E-state index >= 15 is 0 Å². The van der Waals surface area contributed by atoms with Crippen molar-refractivity contribution in [1.82, 2.24) is 14.8 Å². The second-order valence-electron chi connectivity index (χ2n) is 3.11. The molecule has 1 aromatic rings. The van der Waals surface area contributed by atoms with Gasteiger partial charge in [0, 0.05) is 12.5 Å². The molecule has 0 aliphatic rings. The number of ether oxygens (including phenoxy) is 1. The Labute approximate surface area is 77.9 Å². The zero-order valence-corrected chi connectivity index (χ0v) is 8.32. The third-order valence-electron chi connectivity index (χ3n) is 1.80. The van der Waals surface area contributed by atoms with Crippen molar-refractivity contribution in [3.63, 3.8) is 0 Å². The predicted octanol–water partition coefficient (Wildman–Crippen LogP) is 0.369. The van der Waals surface area contributed by atoms with Crippen molar-refractivity contribution in [3.8, 4) is 6.01 Å². The molecule has 5 heteroatoms. The quantitative estimate of drug-likeness (QED) is 0.734. The number of nitrogens with zero attached hydrogens (tertiary/aromatic N) is 3. The number of nitrogens with two attached hydrogens (primary N) is 1. The summed E-state index contributed by atoms with van der Waals surface area (Å²) >= 11 is 0. The maximum Gasteiger partial charge on any atom is 0.316 e. The lowest BCUT2D eigenvalue weighted by molar-refractivity contribution is 0.342. The third kappa shape index (κ3) is 1.98. The van der Waals surface area contributed by atoms with Gasteiger partial charge in [0.15, 0.2) is 0 Å². The highest BCUT2D eigenvalue weighted by Crippen LogP contribution is 2.16. The van der Waals surface area contributed by atoms with Crippen LogP contribution in [0.3, 0.4) is 0 Å². The van der Waals surface area contributed by atoms with Gasteiger partial charge in [0.2, 0.25) is 0 Å². The molecule has 0 saturated carbocycles. The second-order valence-corrected chi connectivity index (χ2v) is 3.11. The third-order valence-corrected chi connectivity index (χ3v) is 1.80. The molecule has 0 saturated heterocycles. The van der Waals surface area contributed by atoms with Gasteiger partial charge in [-0.2, -0.15) is 0 Å². The zero-order valence-electron chi connectivity index (χ0n) is 8.32. The first-order valence-corrected chi connectivity index (χ1v) is 4.38. The standard InChI is InChI=1S/C8H16N4O/c1-6(2)12-7(4-5-9)10-11-8(12)13-3/h6H,4-5,9H2,1-3H3. The van der Waals surface area contributed by atoms with Crippen LogP contribution in [0.1, 0.15) is 25.7 Å². The first-order valence-electron chi connectivity index (χ1n) is 4.38. The first-order chi connectivity index (χ1) is 6.20. The second kappa shape index (κ2) is 4.23. The molecule has 0 unspecified atom stereocenters. The zero-order chi connectivity index (χ0) is 9.84. The van der Waals surface area contributed by atoms with E-state index in [4.69, 9.17) is 10.5 Å². The van der Waals surface area contributed by atoms with Crippen molar-refractivity contribution < 1.29 is 4.74 Å². The molecule has 0 radical (unpaired) electrons. The Balaban J connectivity index is 2.99. The molecule has 13 heavy (non-hydrogen) atoms. The number of methoxy groups -OCH3 is 1. The molecule has 0 aromatic carbocycles. The lowest BCUT2D eigenvalue weighted by Gasteiger charge is -2.11. The highest BCUT2D eigenvalue weighted by atomic mass is 16.5. The Bertz CT molecular complexity index is 269. The van der Waals surface area contributed by atoms with Crippen LogP contribution in [-0.2, 0) is 6.42 Å². The Morgan fingerprint density at radius 3 is 2.62 bits per heavy atom. The molecule has 5 nitrogen and oxygen atoms in total. The molecule has 0 atom stereocenters. The Hall–Kier alpha value is -1.10. The largest absolute Gasteiger partial charge is 0.467 e. The highest BCUT2D eigenvalue weighted by Gasteiger charge is 2.13. The van der Waals surface area contributed by atoms with E-state index in [1.807, 2.05) is 4.57 Å². The molecule has 1 rings (SSSR count). The van der Waals surface area contributed by atoms with Crippen molar-refractivity contribution >= 4 is 0 Å². The summed E-state index contributed by atoms with van der Waals surface area (Å²) in [5.41, 5.74) is 5.46. The van der Waals surface area contributed by atoms with E-state index in [0.29, 0.717) is 18.6 Å². The van der Waals surface area contributed by atoms with Gasteiger partial charge < -0.3 is 10.5 Å². The molecule has 1 heterocycles. The van der Waals surface area contributed by atoms with Crippen molar-refractivity contribution in [1.29, 1.82) is 0 Å². The summed E-state index contributed by atoms with van der Waals surface area (Å²) in [6.07, 6.45) is 0.731.